The molecule has 3 heterocycles. The number of rotatable bonds is 3. The number of nitrogens with zero attached hydrogens (tertiary/aromatic N) is 6. The van der Waals surface area contributed by atoms with Gasteiger partial charge in [0.1, 0.15) is 5.82 Å². The molecule has 2 aromatic carbocycles. The second-order valence-corrected chi connectivity index (χ2v) is 8.05. The van der Waals surface area contributed by atoms with E-state index in [1.165, 1.54) is 23.7 Å². The first-order valence-corrected chi connectivity index (χ1v) is 10.2. The third-order valence-electron chi connectivity index (χ3n) is 5.53. The van der Waals surface area contributed by atoms with Crippen molar-refractivity contribution in [3.8, 4) is 0 Å². The third kappa shape index (κ3) is 3.21. The maximum atomic E-state index is 13.4. The minimum atomic E-state index is -0.457. The molecule has 0 bridgehead atoms. The summed E-state index contributed by atoms with van der Waals surface area (Å²) in [5.41, 5.74) is 2.06. The molecule has 2 aromatic heterocycles. The Hall–Kier alpha value is -3.72. The van der Waals surface area contributed by atoms with E-state index in [0.29, 0.717) is 35.3 Å². The zero-order valence-corrected chi connectivity index (χ0v) is 18.0. The minimum Gasteiger partial charge on any atom is -0.297 e. The van der Waals surface area contributed by atoms with Gasteiger partial charge in [-0.2, -0.15) is 10.1 Å². The number of anilines is 1. The molecular weight excluding hydrogens is 435 g/mol. The van der Waals surface area contributed by atoms with E-state index in [-0.39, 0.29) is 11.5 Å². The molecule has 162 valence electrons. The van der Waals surface area contributed by atoms with Crippen molar-refractivity contribution in [1.82, 2.24) is 18.7 Å². The fourth-order valence-electron chi connectivity index (χ4n) is 3.81. The fourth-order valence-corrected chi connectivity index (χ4v) is 3.94. The number of hydrazone groups is 1. The van der Waals surface area contributed by atoms with Gasteiger partial charge in [-0.1, -0.05) is 35.9 Å². The number of hydrogen-bond donors (Lipinski definition) is 0. The zero-order valence-electron chi connectivity index (χ0n) is 17.3. The van der Waals surface area contributed by atoms with Gasteiger partial charge in [-0.15, -0.1) is 0 Å². The largest absolute Gasteiger partial charge is 0.332 e. The van der Waals surface area contributed by atoms with Crippen LogP contribution in [0.15, 0.2) is 63.2 Å². The maximum absolute atomic E-state index is 13.4. The number of benzene rings is 2. The Bertz CT molecular complexity index is 1500. The molecule has 0 fully saturated rings. The van der Waals surface area contributed by atoms with Crippen LogP contribution in [0.5, 0.6) is 0 Å². The normalized spacial score (nSPS) is 13.4. The van der Waals surface area contributed by atoms with E-state index >= 15 is 0 Å². The average Bonchev–Trinajstić information content (AvgIpc) is 3.18. The van der Waals surface area contributed by atoms with Crippen LogP contribution in [0.25, 0.3) is 11.2 Å². The standard InChI is InChI=1S/C22H18ClFN6O2/c1-27-19-18(20(31)28(2)22(27)32)29-12-17(14-5-7-15(23)8-6-14)26-30(21(29)25-19)11-13-3-9-16(24)10-4-13/h3-10H,11-12H2,1-2H3. The molecule has 10 heteroatoms. The molecule has 0 N–H and O–H groups in total. The lowest BCUT2D eigenvalue weighted by Crippen LogP contribution is -2.38. The Morgan fingerprint density at radius 2 is 1.69 bits per heavy atom. The summed E-state index contributed by atoms with van der Waals surface area (Å²) in [5, 5.41) is 7.03. The molecule has 4 aromatic rings. The lowest BCUT2D eigenvalue weighted by molar-refractivity contribution is 0.626. The van der Waals surface area contributed by atoms with E-state index in [4.69, 9.17) is 16.7 Å². The van der Waals surface area contributed by atoms with E-state index in [0.717, 1.165) is 15.7 Å². The topological polar surface area (TPSA) is 77.4 Å². The zero-order chi connectivity index (χ0) is 22.6. The highest BCUT2D eigenvalue weighted by molar-refractivity contribution is 6.30. The molecule has 0 radical (unpaired) electrons. The Morgan fingerprint density at radius 3 is 2.38 bits per heavy atom. The van der Waals surface area contributed by atoms with Crippen LogP contribution in [-0.4, -0.2) is 24.4 Å². The summed E-state index contributed by atoms with van der Waals surface area (Å²) in [6.45, 7) is 0.593. The lowest BCUT2D eigenvalue weighted by Gasteiger charge is -2.26. The molecule has 1 aliphatic heterocycles. The van der Waals surface area contributed by atoms with Crippen LogP contribution in [0.1, 0.15) is 11.1 Å². The summed E-state index contributed by atoms with van der Waals surface area (Å²) >= 11 is 6.04. The summed E-state index contributed by atoms with van der Waals surface area (Å²) in [5.74, 6) is 0.101. The SMILES string of the molecule is Cn1c(=O)c2c(nc3n2CC(c2ccc(Cl)cc2)=NN3Cc2ccc(F)cc2)n(C)c1=O. The van der Waals surface area contributed by atoms with Gasteiger partial charge in [0, 0.05) is 19.1 Å². The van der Waals surface area contributed by atoms with Gasteiger partial charge < -0.3 is 0 Å². The first-order valence-electron chi connectivity index (χ1n) is 9.85. The Kier molecular flexibility index (Phi) is 4.70. The van der Waals surface area contributed by atoms with Gasteiger partial charge in [0.2, 0.25) is 5.95 Å². The van der Waals surface area contributed by atoms with Crippen LogP contribution in [0, 0.1) is 5.82 Å². The highest BCUT2D eigenvalue weighted by Crippen LogP contribution is 2.27. The molecule has 0 atom stereocenters. The number of fused-ring (bicyclic) bond motifs is 3. The minimum absolute atomic E-state index is 0.282. The number of halogens is 2. The summed E-state index contributed by atoms with van der Waals surface area (Å²) in [4.78, 5) is 30.0. The summed E-state index contributed by atoms with van der Waals surface area (Å²) in [6, 6.07) is 13.4. The van der Waals surface area contributed by atoms with Gasteiger partial charge in [-0.05, 0) is 35.4 Å². The first-order chi connectivity index (χ1) is 15.3. The molecule has 5 rings (SSSR count). The average molecular weight is 453 g/mol. The van der Waals surface area contributed by atoms with Crippen molar-refractivity contribution in [3.05, 3.63) is 91.3 Å². The van der Waals surface area contributed by atoms with Crippen LogP contribution in [0.3, 0.4) is 0 Å². The van der Waals surface area contributed by atoms with Gasteiger partial charge in [0.15, 0.2) is 11.2 Å². The van der Waals surface area contributed by atoms with Gasteiger partial charge in [-0.3, -0.25) is 18.5 Å². The monoisotopic (exact) mass is 452 g/mol. The van der Waals surface area contributed by atoms with E-state index in [1.54, 1.807) is 40.9 Å². The maximum Gasteiger partial charge on any atom is 0.332 e. The number of imidazole rings is 1. The van der Waals surface area contributed by atoms with Crippen LogP contribution in [-0.2, 0) is 27.2 Å². The summed E-state index contributed by atoms with van der Waals surface area (Å²) in [7, 11) is 3.02. The highest BCUT2D eigenvalue weighted by Gasteiger charge is 2.28. The second-order valence-electron chi connectivity index (χ2n) is 7.61. The van der Waals surface area contributed by atoms with Crippen LogP contribution in [0.2, 0.25) is 5.02 Å². The van der Waals surface area contributed by atoms with Gasteiger partial charge in [0.05, 0.1) is 18.8 Å². The van der Waals surface area contributed by atoms with Crippen molar-refractivity contribution in [2.45, 2.75) is 13.1 Å². The van der Waals surface area contributed by atoms with Crippen molar-refractivity contribution >= 4 is 34.4 Å². The third-order valence-corrected chi connectivity index (χ3v) is 5.78. The van der Waals surface area contributed by atoms with E-state index in [2.05, 4.69) is 4.98 Å². The molecule has 0 amide bonds. The van der Waals surface area contributed by atoms with Crippen molar-refractivity contribution in [2.75, 3.05) is 5.01 Å². The Labute approximate surface area is 186 Å². The number of aryl methyl sites for hydroxylation is 1. The molecule has 1 aliphatic rings. The molecule has 0 spiro atoms. The van der Waals surface area contributed by atoms with Gasteiger partial charge in [0.25, 0.3) is 5.56 Å². The molecule has 0 unspecified atom stereocenters. The Morgan fingerprint density at radius 1 is 1.00 bits per heavy atom. The molecule has 8 nitrogen and oxygen atoms in total. The molecule has 0 aliphatic carbocycles. The van der Waals surface area contributed by atoms with Crippen molar-refractivity contribution < 1.29 is 4.39 Å². The predicted molar refractivity (Wildman–Crippen MR) is 121 cm³/mol. The first kappa shape index (κ1) is 20.2. The molecule has 32 heavy (non-hydrogen) atoms. The van der Waals surface area contributed by atoms with Crippen molar-refractivity contribution in [1.29, 1.82) is 0 Å². The van der Waals surface area contributed by atoms with Gasteiger partial charge in [-0.25, -0.2) is 14.2 Å². The molecule has 0 saturated carbocycles. The molecule has 0 saturated heterocycles. The number of hydrogen-bond acceptors (Lipinski definition) is 5. The van der Waals surface area contributed by atoms with E-state index in [1.807, 2.05) is 12.1 Å². The van der Waals surface area contributed by atoms with Crippen molar-refractivity contribution in [2.24, 2.45) is 19.2 Å². The fraction of sp³-hybridized carbons (Fsp3) is 0.182. The molecular formula is C22H18ClFN6O2. The highest BCUT2D eigenvalue weighted by atomic mass is 35.5. The quantitative estimate of drug-likeness (QED) is 0.479. The van der Waals surface area contributed by atoms with Gasteiger partial charge >= 0.3 is 5.69 Å². The predicted octanol–water partition coefficient (Wildman–Crippen LogP) is 2.65. The van der Waals surface area contributed by atoms with E-state index < -0.39 is 11.2 Å². The van der Waals surface area contributed by atoms with Crippen LogP contribution < -0.4 is 16.3 Å². The van der Waals surface area contributed by atoms with Crippen LogP contribution >= 0.6 is 11.6 Å². The smallest absolute Gasteiger partial charge is 0.297 e. The van der Waals surface area contributed by atoms with Crippen molar-refractivity contribution in [3.63, 3.8) is 0 Å². The second kappa shape index (κ2) is 7.45. The van der Waals surface area contributed by atoms with Crippen LogP contribution in [0.4, 0.5) is 10.3 Å². The Balaban J connectivity index is 1.72. The van der Waals surface area contributed by atoms with E-state index in [9.17, 15) is 14.0 Å². The number of aromatic nitrogens is 4. The lowest BCUT2D eigenvalue weighted by atomic mass is 10.1. The summed E-state index contributed by atoms with van der Waals surface area (Å²) in [6.07, 6.45) is 0. The summed E-state index contributed by atoms with van der Waals surface area (Å²) < 4.78 is 17.6.